The number of alkyl halides is 3. The van der Waals surface area contributed by atoms with E-state index in [0.717, 1.165) is 30.5 Å². The minimum atomic E-state index is -4.54. The molecule has 2 aromatic heterocycles. The highest BCUT2D eigenvalue weighted by molar-refractivity contribution is 7.89. The lowest BCUT2D eigenvalue weighted by Gasteiger charge is -2.42. The van der Waals surface area contributed by atoms with Gasteiger partial charge in [0.05, 0.1) is 28.3 Å². The summed E-state index contributed by atoms with van der Waals surface area (Å²) in [5.74, 6) is -1.86. The van der Waals surface area contributed by atoms with E-state index in [-0.39, 0.29) is 85.7 Å². The van der Waals surface area contributed by atoms with Gasteiger partial charge in [0.1, 0.15) is 24.2 Å². The second kappa shape index (κ2) is 20.0. The number of anilines is 1. The largest absolute Gasteiger partial charge is 0.416 e. The Balaban J connectivity index is 0.725. The van der Waals surface area contributed by atoms with Gasteiger partial charge >= 0.3 is 6.18 Å². The molecule has 3 aromatic rings. The number of nitrogens with zero attached hydrogens (tertiary/aromatic N) is 8. The van der Waals surface area contributed by atoms with E-state index in [4.69, 9.17) is 0 Å². The van der Waals surface area contributed by atoms with Gasteiger partial charge in [-0.05, 0) is 81.7 Å². The Bertz CT molecular complexity index is 2430. The van der Waals surface area contributed by atoms with Crippen molar-refractivity contribution in [3.63, 3.8) is 0 Å². The predicted octanol–water partition coefficient (Wildman–Crippen LogP) is 2.39. The molecule has 1 saturated carbocycles. The number of hydrogen-bond acceptors (Lipinski definition) is 12. The van der Waals surface area contributed by atoms with Gasteiger partial charge in [-0.1, -0.05) is 6.07 Å². The number of likely N-dealkylation sites (tertiary alicyclic amines) is 3. The maximum atomic E-state index is 13.8. The standard InChI is InChI=1S/C45H58F3N11O7S/c1-28(53-42(62)35-25-38(60)55(2)39(35)30-4-3-14-49-26-30)43(63)57-16-11-33(12-17-57)67(65,66)59-22-20-56(21-23-59)32-8-5-29(6-9-32)41(61)50-15-19-58-18-13-37(44(58)64)54-40-34-24-31(45(46,47)48)7-10-36(34)51-27-52-40/h3-4,7,10,14,24,26-29,32-33,35,37,39H,5-6,8-9,11-13,15-23,25H2,1-2H3,(H,50,61)(H,53,62)(H,51,52,54)/t28-,29-,32-,35-,37-,39?/m0/s1. The summed E-state index contributed by atoms with van der Waals surface area (Å²) >= 11 is 0. The number of aromatic nitrogens is 3. The van der Waals surface area contributed by atoms with Crippen LogP contribution in [-0.4, -0.2) is 166 Å². The molecular formula is C45H58F3N11O7S. The van der Waals surface area contributed by atoms with E-state index < -0.39 is 57.0 Å². The van der Waals surface area contributed by atoms with Gasteiger partial charge in [0.25, 0.3) is 0 Å². The zero-order valence-electron chi connectivity index (χ0n) is 37.7. The van der Waals surface area contributed by atoms with Crippen LogP contribution in [0.2, 0.25) is 0 Å². The van der Waals surface area contributed by atoms with Gasteiger partial charge in [-0.3, -0.25) is 33.9 Å². The van der Waals surface area contributed by atoms with Crippen LogP contribution in [0, 0.1) is 11.8 Å². The smallest absolute Gasteiger partial charge is 0.358 e. The van der Waals surface area contributed by atoms with Crippen molar-refractivity contribution < 1.29 is 45.6 Å². The van der Waals surface area contributed by atoms with Crippen molar-refractivity contribution in [1.29, 1.82) is 0 Å². The van der Waals surface area contributed by atoms with Crippen LogP contribution in [-0.2, 0) is 40.2 Å². The van der Waals surface area contributed by atoms with E-state index in [1.165, 1.54) is 17.3 Å². The van der Waals surface area contributed by atoms with Gasteiger partial charge in [0, 0.05) is 102 Å². The Morgan fingerprint density at radius 2 is 1.63 bits per heavy atom. The third kappa shape index (κ3) is 10.5. The Hall–Kier alpha value is -5.48. The second-order valence-electron chi connectivity index (χ2n) is 18.3. The molecule has 18 nitrogen and oxygen atoms in total. The lowest BCUT2D eigenvalue weighted by atomic mass is 9.84. The molecule has 1 unspecified atom stereocenters. The lowest BCUT2D eigenvalue weighted by Crippen LogP contribution is -2.56. The van der Waals surface area contributed by atoms with Crippen LogP contribution in [0.3, 0.4) is 0 Å². The molecule has 4 aliphatic heterocycles. The summed E-state index contributed by atoms with van der Waals surface area (Å²) in [7, 11) is -1.96. The van der Waals surface area contributed by atoms with E-state index in [9.17, 15) is 45.6 Å². The van der Waals surface area contributed by atoms with Crippen LogP contribution in [0.5, 0.6) is 0 Å². The van der Waals surface area contributed by atoms with Crippen molar-refractivity contribution in [2.24, 2.45) is 11.8 Å². The Kier molecular flexibility index (Phi) is 14.3. The summed E-state index contributed by atoms with van der Waals surface area (Å²) < 4.78 is 69.3. The predicted molar refractivity (Wildman–Crippen MR) is 239 cm³/mol. The Morgan fingerprint density at radius 1 is 0.896 bits per heavy atom. The Labute approximate surface area is 387 Å². The fraction of sp³-hybridized carbons (Fsp3) is 0.600. The van der Waals surface area contributed by atoms with Crippen LogP contribution >= 0.6 is 0 Å². The molecule has 1 aliphatic carbocycles. The van der Waals surface area contributed by atoms with Crippen molar-refractivity contribution in [1.82, 2.24) is 49.5 Å². The summed E-state index contributed by atoms with van der Waals surface area (Å²) in [5.41, 5.74) is 0.223. The van der Waals surface area contributed by atoms with Crippen molar-refractivity contribution in [3.05, 3.63) is 60.2 Å². The first-order valence-corrected chi connectivity index (χ1v) is 24.6. The molecule has 4 saturated heterocycles. The SMILES string of the molecule is C[C@H](NC(=O)[C@H]1CC(=O)N(C)C1c1cccnc1)C(=O)N1CCC(S(=O)(=O)N2CCN([C@H]3CC[C@H](C(=O)NCCN4CC[C@H](Nc5ncnc6ccc(C(F)(F)F)cc56)C4=O)CC3)CC2)CC1. The van der Waals surface area contributed by atoms with Crippen molar-refractivity contribution in [2.45, 2.75) is 93.9 Å². The maximum absolute atomic E-state index is 13.8. The van der Waals surface area contributed by atoms with Gasteiger partial charge in [-0.25, -0.2) is 18.4 Å². The number of benzene rings is 1. The minimum absolute atomic E-state index is 0.0214. The number of amides is 5. The zero-order chi connectivity index (χ0) is 47.6. The second-order valence-corrected chi connectivity index (χ2v) is 20.6. The van der Waals surface area contributed by atoms with Crippen LogP contribution in [0.15, 0.2) is 49.1 Å². The number of piperidine rings is 1. The van der Waals surface area contributed by atoms with Gasteiger partial charge in [0.15, 0.2) is 0 Å². The van der Waals surface area contributed by atoms with Crippen LogP contribution < -0.4 is 16.0 Å². The molecule has 0 bridgehead atoms. The number of rotatable bonds is 13. The molecular weight excluding hydrogens is 896 g/mol. The number of nitrogens with one attached hydrogen (secondary N) is 3. The summed E-state index contributed by atoms with van der Waals surface area (Å²) in [6, 6.07) is 4.97. The first kappa shape index (κ1) is 48.0. The summed E-state index contributed by atoms with van der Waals surface area (Å²) in [4.78, 5) is 85.2. The topological polar surface area (TPSA) is 210 Å². The van der Waals surface area contributed by atoms with Gasteiger partial charge in [0.2, 0.25) is 39.6 Å². The molecule has 4 atom stereocenters. The quantitative estimate of drug-likeness (QED) is 0.226. The molecule has 0 spiro atoms. The highest BCUT2D eigenvalue weighted by atomic mass is 32.2. The van der Waals surface area contributed by atoms with Gasteiger partial charge in [-0.2, -0.15) is 17.5 Å². The highest BCUT2D eigenvalue weighted by Crippen LogP contribution is 2.37. The summed E-state index contributed by atoms with van der Waals surface area (Å²) in [6.45, 7) is 4.99. The molecule has 8 rings (SSSR count). The number of halogens is 3. The van der Waals surface area contributed by atoms with E-state index >= 15 is 0 Å². The number of sulfonamides is 1. The normalized spacial score (nSPS) is 25.4. The Morgan fingerprint density at radius 3 is 2.31 bits per heavy atom. The van der Waals surface area contributed by atoms with E-state index in [2.05, 4.69) is 35.8 Å². The molecule has 5 amide bonds. The summed E-state index contributed by atoms with van der Waals surface area (Å²) in [5, 5.41) is 8.35. The fourth-order valence-corrected chi connectivity index (χ4v) is 12.3. The number of fused-ring (bicyclic) bond motifs is 1. The average molecular weight is 954 g/mol. The number of carbonyl (C=O) groups excluding carboxylic acids is 5. The molecule has 22 heteroatoms. The van der Waals surface area contributed by atoms with Gasteiger partial charge < -0.3 is 30.7 Å². The van der Waals surface area contributed by atoms with Crippen LogP contribution in [0.1, 0.15) is 75.5 Å². The third-order valence-electron chi connectivity index (χ3n) is 14.3. The average Bonchev–Trinajstić information content (AvgIpc) is 3.84. The zero-order valence-corrected chi connectivity index (χ0v) is 38.5. The first-order valence-electron chi connectivity index (χ1n) is 23.1. The monoisotopic (exact) mass is 953 g/mol. The molecule has 67 heavy (non-hydrogen) atoms. The van der Waals surface area contributed by atoms with E-state index in [0.29, 0.717) is 64.0 Å². The molecule has 5 fully saturated rings. The van der Waals surface area contributed by atoms with Crippen LogP contribution in [0.4, 0.5) is 19.0 Å². The first-order chi connectivity index (χ1) is 32.0. The molecule has 362 valence electrons. The number of hydrogen-bond donors (Lipinski definition) is 3. The highest BCUT2D eigenvalue weighted by Gasteiger charge is 2.44. The van der Waals surface area contributed by atoms with E-state index in [1.54, 1.807) is 46.5 Å². The fourth-order valence-electron chi connectivity index (χ4n) is 10.4. The van der Waals surface area contributed by atoms with E-state index in [1.807, 2.05) is 6.07 Å². The van der Waals surface area contributed by atoms with Crippen LogP contribution in [0.25, 0.3) is 10.9 Å². The molecule has 6 heterocycles. The maximum Gasteiger partial charge on any atom is 0.416 e. The molecule has 0 radical (unpaired) electrons. The molecule has 3 N–H and O–H groups in total. The molecule has 1 aromatic carbocycles. The number of carbonyl (C=O) groups is 5. The van der Waals surface area contributed by atoms with Crippen molar-refractivity contribution in [2.75, 3.05) is 71.3 Å². The lowest BCUT2D eigenvalue weighted by molar-refractivity contribution is -0.138. The van der Waals surface area contributed by atoms with Crippen molar-refractivity contribution >= 4 is 56.3 Å². The minimum Gasteiger partial charge on any atom is -0.358 e. The third-order valence-corrected chi connectivity index (χ3v) is 16.7. The van der Waals surface area contributed by atoms with Crippen molar-refractivity contribution in [3.8, 4) is 0 Å². The van der Waals surface area contributed by atoms with Gasteiger partial charge in [-0.15, -0.1) is 0 Å². The molecule has 5 aliphatic rings. The number of pyridine rings is 1. The number of piperazine rings is 1. The summed E-state index contributed by atoms with van der Waals surface area (Å²) in [6.07, 6.45) is 3.95.